The number of anilines is 2. The lowest BCUT2D eigenvalue weighted by Gasteiger charge is -2.28. The predicted octanol–water partition coefficient (Wildman–Crippen LogP) is 3.94. The number of nitrogens with zero attached hydrogens (tertiary/aromatic N) is 4. The van der Waals surface area contributed by atoms with Crippen molar-refractivity contribution in [3.8, 4) is 0 Å². The molecule has 10 heteroatoms. The van der Waals surface area contributed by atoms with E-state index in [1.807, 2.05) is 0 Å². The molecule has 1 aromatic heterocycles. The smallest absolute Gasteiger partial charge is 0.300 e. The zero-order valence-electron chi connectivity index (χ0n) is 16.5. The van der Waals surface area contributed by atoms with Crippen LogP contribution in [0.2, 0.25) is 0 Å². The lowest BCUT2D eigenvalue weighted by atomic mass is 9.99. The lowest BCUT2D eigenvalue weighted by Crippen LogP contribution is -2.40. The van der Waals surface area contributed by atoms with E-state index < -0.39 is 16.3 Å². The molecular weight excluding hydrogens is 393 g/mol. The molecule has 1 amide bonds. The van der Waals surface area contributed by atoms with Crippen LogP contribution in [-0.2, 0) is 4.79 Å². The molecule has 4 rings (SSSR count). The highest BCUT2D eigenvalue weighted by Gasteiger charge is 2.34. The van der Waals surface area contributed by atoms with Gasteiger partial charge in [-0.15, -0.1) is 0 Å². The molecule has 1 saturated carbocycles. The first kappa shape index (κ1) is 19.9. The fourth-order valence-electron chi connectivity index (χ4n) is 3.49. The first-order valence-electron chi connectivity index (χ1n) is 9.46. The van der Waals surface area contributed by atoms with Crippen molar-refractivity contribution < 1.29 is 18.7 Å². The Labute approximate surface area is 170 Å². The standard InChI is InChI=1S/C20H20FN5O4/c1-20(2,22)10-17(27)25(14-6-5-12(21)9-13(14)11-3-4-11)15-7-8-16(26(28)29)19-18(15)23-30-24-19/h5-9,11H,3-4,10,22H2,1-2H3. The van der Waals surface area contributed by atoms with Crippen LogP contribution in [0.5, 0.6) is 0 Å². The zero-order chi connectivity index (χ0) is 21.6. The molecule has 2 aromatic carbocycles. The molecule has 0 saturated heterocycles. The second kappa shape index (κ2) is 7.13. The fourth-order valence-corrected chi connectivity index (χ4v) is 3.49. The topological polar surface area (TPSA) is 128 Å². The Hall–Kier alpha value is -3.40. The molecule has 0 aliphatic heterocycles. The summed E-state index contributed by atoms with van der Waals surface area (Å²) in [5.74, 6) is -0.612. The number of non-ortho nitro benzene ring substituents is 1. The molecule has 1 aliphatic carbocycles. The van der Waals surface area contributed by atoms with Crippen LogP contribution >= 0.6 is 0 Å². The molecule has 0 radical (unpaired) electrons. The number of aromatic nitrogens is 2. The van der Waals surface area contributed by atoms with Crippen LogP contribution in [0.15, 0.2) is 35.0 Å². The van der Waals surface area contributed by atoms with Gasteiger partial charge < -0.3 is 5.73 Å². The molecule has 0 atom stereocenters. The third kappa shape index (κ3) is 3.73. The van der Waals surface area contributed by atoms with Gasteiger partial charge in [0.05, 0.1) is 16.3 Å². The van der Waals surface area contributed by atoms with Gasteiger partial charge in [0.15, 0.2) is 5.52 Å². The number of carbonyl (C=O) groups is 1. The number of nitro benzene ring substituents is 1. The van der Waals surface area contributed by atoms with Crippen molar-refractivity contribution in [2.45, 2.75) is 44.6 Å². The molecule has 3 aromatic rings. The average molecular weight is 413 g/mol. The first-order valence-corrected chi connectivity index (χ1v) is 9.46. The third-order valence-electron chi connectivity index (χ3n) is 4.91. The summed E-state index contributed by atoms with van der Waals surface area (Å²) in [4.78, 5) is 25.5. The highest BCUT2D eigenvalue weighted by Crippen LogP contribution is 2.47. The minimum absolute atomic E-state index is 0.0156. The van der Waals surface area contributed by atoms with Crippen molar-refractivity contribution >= 4 is 34.0 Å². The maximum absolute atomic E-state index is 14.0. The summed E-state index contributed by atoms with van der Waals surface area (Å²) in [7, 11) is 0. The van der Waals surface area contributed by atoms with Gasteiger partial charge >= 0.3 is 5.69 Å². The second-order valence-corrected chi connectivity index (χ2v) is 8.19. The Morgan fingerprint density at radius 3 is 2.57 bits per heavy atom. The Morgan fingerprint density at radius 1 is 1.27 bits per heavy atom. The van der Waals surface area contributed by atoms with Crippen molar-refractivity contribution in [1.29, 1.82) is 0 Å². The zero-order valence-corrected chi connectivity index (χ0v) is 16.5. The summed E-state index contributed by atoms with van der Waals surface area (Å²) in [6.45, 7) is 3.44. The molecule has 0 bridgehead atoms. The maximum Gasteiger partial charge on any atom is 0.300 e. The number of rotatable bonds is 6. The van der Waals surface area contributed by atoms with Crippen LogP contribution in [0.4, 0.5) is 21.5 Å². The van der Waals surface area contributed by atoms with Crippen molar-refractivity contribution in [1.82, 2.24) is 10.3 Å². The Morgan fingerprint density at radius 2 is 1.93 bits per heavy atom. The molecule has 0 unspecified atom stereocenters. The second-order valence-electron chi connectivity index (χ2n) is 8.19. The van der Waals surface area contributed by atoms with Gasteiger partial charge in [0.1, 0.15) is 5.82 Å². The third-order valence-corrected chi connectivity index (χ3v) is 4.91. The first-order chi connectivity index (χ1) is 14.2. The van der Waals surface area contributed by atoms with Gasteiger partial charge in [-0.3, -0.25) is 19.8 Å². The van der Waals surface area contributed by atoms with Gasteiger partial charge in [0, 0.05) is 18.0 Å². The van der Waals surface area contributed by atoms with E-state index in [1.54, 1.807) is 13.8 Å². The summed E-state index contributed by atoms with van der Waals surface area (Å²) in [6, 6.07) is 6.90. The van der Waals surface area contributed by atoms with Crippen molar-refractivity contribution in [2.75, 3.05) is 4.90 Å². The number of amides is 1. The molecule has 2 N–H and O–H groups in total. The molecule has 1 aliphatic rings. The fraction of sp³-hybridized carbons (Fsp3) is 0.350. The summed E-state index contributed by atoms with van der Waals surface area (Å²) in [5.41, 5.74) is 6.43. The Balaban J connectivity index is 1.93. The Kier molecular flexibility index (Phi) is 4.73. The monoisotopic (exact) mass is 413 g/mol. The van der Waals surface area contributed by atoms with Crippen LogP contribution in [-0.4, -0.2) is 26.7 Å². The lowest BCUT2D eigenvalue weighted by molar-refractivity contribution is -0.383. The number of fused-ring (bicyclic) bond motifs is 1. The number of carbonyl (C=O) groups excluding carboxylic acids is 1. The van der Waals surface area contributed by atoms with E-state index in [9.17, 15) is 19.3 Å². The van der Waals surface area contributed by atoms with Gasteiger partial charge in [0.2, 0.25) is 11.4 Å². The normalized spacial score (nSPS) is 14.1. The van der Waals surface area contributed by atoms with Gasteiger partial charge in [-0.2, -0.15) is 0 Å². The van der Waals surface area contributed by atoms with Gasteiger partial charge in [0.25, 0.3) is 0 Å². The number of benzene rings is 2. The largest absolute Gasteiger partial charge is 0.325 e. The van der Waals surface area contributed by atoms with Gasteiger partial charge in [-0.05, 0) is 72.7 Å². The minimum atomic E-state index is -0.808. The molecular formula is C20H20FN5O4. The van der Waals surface area contributed by atoms with Crippen LogP contribution < -0.4 is 10.6 Å². The average Bonchev–Trinajstić information content (AvgIpc) is 3.37. The van der Waals surface area contributed by atoms with Crippen LogP contribution in [0.1, 0.15) is 44.6 Å². The van der Waals surface area contributed by atoms with E-state index >= 15 is 0 Å². The summed E-state index contributed by atoms with van der Waals surface area (Å²) in [6.07, 6.45) is 1.77. The summed E-state index contributed by atoms with van der Waals surface area (Å²) < 4.78 is 18.7. The highest BCUT2D eigenvalue weighted by atomic mass is 19.1. The van der Waals surface area contributed by atoms with Gasteiger partial charge in [-0.1, -0.05) is 0 Å². The van der Waals surface area contributed by atoms with E-state index in [4.69, 9.17) is 10.4 Å². The van der Waals surface area contributed by atoms with E-state index in [0.29, 0.717) is 11.3 Å². The van der Waals surface area contributed by atoms with E-state index in [-0.39, 0.29) is 40.7 Å². The van der Waals surface area contributed by atoms with E-state index in [1.165, 1.54) is 35.2 Å². The Bertz CT molecular complexity index is 1150. The molecule has 0 spiro atoms. The SMILES string of the molecule is CC(C)(N)CC(=O)N(c1ccc(F)cc1C1CC1)c1ccc([N+](=O)[O-])c2nonc12. The van der Waals surface area contributed by atoms with E-state index in [2.05, 4.69) is 10.3 Å². The number of nitro groups is 1. The van der Waals surface area contributed by atoms with Crippen molar-refractivity contribution in [3.63, 3.8) is 0 Å². The van der Waals surface area contributed by atoms with Crippen LogP contribution in [0.25, 0.3) is 11.0 Å². The van der Waals surface area contributed by atoms with Crippen molar-refractivity contribution in [3.05, 3.63) is 51.8 Å². The number of hydrogen-bond acceptors (Lipinski definition) is 7. The van der Waals surface area contributed by atoms with Crippen molar-refractivity contribution in [2.24, 2.45) is 5.73 Å². The predicted molar refractivity (Wildman–Crippen MR) is 107 cm³/mol. The number of nitrogens with two attached hydrogens (primary N) is 1. The molecule has 9 nitrogen and oxygen atoms in total. The molecule has 1 fully saturated rings. The number of halogens is 1. The summed E-state index contributed by atoms with van der Waals surface area (Å²) in [5, 5.41) is 18.8. The highest BCUT2D eigenvalue weighted by molar-refractivity contribution is 6.08. The molecule has 156 valence electrons. The minimum Gasteiger partial charge on any atom is -0.325 e. The van der Waals surface area contributed by atoms with Crippen LogP contribution in [0.3, 0.4) is 0 Å². The molecule has 30 heavy (non-hydrogen) atoms. The summed E-state index contributed by atoms with van der Waals surface area (Å²) >= 11 is 0. The van der Waals surface area contributed by atoms with Gasteiger partial charge in [-0.25, -0.2) is 9.02 Å². The molecule has 1 heterocycles. The number of hydrogen-bond donors (Lipinski definition) is 1. The quantitative estimate of drug-likeness (QED) is 0.479. The van der Waals surface area contributed by atoms with E-state index in [0.717, 1.165) is 12.8 Å². The maximum atomic E-state index is 14.0. The van der Waals surface area contributed by atoms with Crippen LogP contribution in [0, 0.1) is 15.9 Å².